The molecule has 0 spiro atoms. The minimum atomic E-state index is 1.03. The second kappa shape index (κ2) is 3.45. The highest BCUT2D eigenvalue weighted by Gasteiger charge is 2.04. The molecule has 74 valence electrons. The molecule has 0 aliphatic heterocycles. The molecule has 0 aliphatic carbocycles. The van der Waals surface area contributed by atoms with Crippen molar-refractivity contribution in [2.75, 3.05) is 0 Å². The smallest absolute Gasteiger partial charge is 0.107 e. The maximum Gasteiger partial charge on any atom is 0.107 e. The van der Waals surface area contributed by atoms with Gasteiger partial charge in [-0.25, -0.2) is 4.98 Å². The van der Waals surface area contributed by atoms with Crippen LogP contribution in [-0.4, -0.2) is 9.97 Å². The van der Waals surface area contributed by atoms with E-state index in [2.05, 4.69) is 42.9 Å². The second-order valence-electron chi connectivity index (χ2n) is 3.91. The molecule has 1 aromatic carbocycles. The van der Waals surface area contributed by atoms with Gasteiger partial charge in [-0.1, -0.05) is 13.0 Å². The second-order valence-corrected chi connectivity index (χ2v) is 3.91. The molecule has 2 aromatic rings. The molecule has 0 bridgehead atoms. The molecule has 1 aromatic heterocycles. The Morgan fingerprint density at radius 2 is 2.07 bits per heavy atom. The first kappa shape index (κ1) is 9.25. The highest BCUT2D eigenvalue weighted by Crippen LogP contribution is 2.18. The van der Waals surface area contributed by atoms with Gasteiger partial charge in [0.05, 0.1) is 11.0 Å². The molecule has 0 radical (unpaired) electrons. The monoisotopic (exact) mass is 188 g/mol. The van der Waals surface area contributed by atoms with Gasteiger partial charge in [-0.2, -0.15) is 0 Å². The van der Waals surface area contributed by atoms with Crippen LogP contribution in [0.5, 0.6) is 0 Å². The van der Waals surface area contributed by atoms with E-state index in [1.165, 1.54) is 16.6 Å². The number of nitrogens with zero attached hydrogens (tertiary/aromatic N) is 1. The molecule has 2 heteroatoms. The van der Waals surface area contributed by atoms with E-state index >= 15 is 0 Å². The number of aromatic nitrogens is 2. The Hall–Kier alpha value is -1.31. The Balaban J connectivity index is 2.58. The van der Waals surface area contributed by atoms with E-state index in [-0.39, 0.29) is 0 Å². The first-order valence-corrected chi connectivity index (χ1v) is 5.16. The third-order valence-corrected chi connectivity index (χ3v) is 2.46. The van der Waals surface area contributed by atoms with E-state index in [1.807, 2.05) is 0 Å². The molecule has 1 N–H and O–H groups in total. The fraction of sp³-hybridized carbons (Fsp3) is 0.417. The van der Waals surface area contributed by atoms with Crippen molar-refractivity contribution in [2.45, 2.75) is 33.6 Å². The number of nitrogens with one attached hydrogen (secondary N) is 1. The van der Waals surface area contributed by atoms with Gasteiger partial charge in [-0.15, -0.1) is 0 Å². The Morgan fingerprint density at radius 1 is 1.29 bits per heavy atom. The zero-order chi connectivity index (χ0) is 10.1. The average Bonchev–Trinajstić information content (AvgIpc) is 2.48. The summed E-state index contributed by atoms with van der Waals surface area (Å²) in [6.07, 6.45) is 2.17. The molecular formula is C12H16N2. The topological polar surface area (TPSA) is 28.7 Å². The molecule has 0 fully saturated rings. The maximum atomic E-state index is 4.59. The number of aromatic amines is 1. The van der Waals surface area contributed by atoms with E-state index in [1.54, 1.807) is 0 Å². The summed E-state index contributed by atoms with van der Waals surface area (Å²) >= 11 is 0. The summed E-state index contributed by atoms with van der Waals surface area (Å²) in [5, 5.41) is 0. The molecule has 0 amide bonds. The molecule has 0 atom stereocenters. The van der Waals surface area contributed by atoms with Crippen LogP contribution in [0.3, 0.4) is 0 Å². The van der Waals surface area contributed by atoms with Crippen molar-refractivity contribution in [1.82, 2.24) is 9.97 Å². The lowest BCUT2D eigenvalue weighted by Gasteiger charge is -1.96. The quantitative estimate of drug-likeness (QED) is 0.770. The van der Waals surface area contributed by atoms with Crippen molar-refractivity contribution >= 4 is 11.0 Å². The largest absolute Gasteiger partial charge is 0.342 e. The van der Waals surface area contributed by atoms with Crippen molar-refractivity contribution in [2.24, 2.45) is 0 Å². The van der Waals surface area contributed by atoms with Crippen molar-refractivity contribution in [3.05, 3.63) is 29.1 Å². The summed E-state index contributed by atoms with van der Waals surface area (Å²) in [4.78, 5) is 7.95. The average molecular weight is 188 g/mol. The Bertz CT molecular complexity index is 455. The van der Waals surface area contributed by atoms with Crippen LogP contribution in [0.1, 0.15) is 30.3 Å². The SMILES string of the molecule is CCCc1nc2c(C)cc(C)cc2[nH]1. The van der Waals surface area contributed by atoms with Crippen LogP contribution in [-0.2, 0) is 6.42 Å². The summed E-state index contributed by atoms with van der Waals surface area (Å²) < 4.78 is 0. The minimum Gasteiger partial charge on any atom is -0.342 e. The molecule has 0 unspecified atom stereocenters. The van der Waals surface area contributed by atoms with Crippen molar-refractivity contribution in [3.63, 3.8) is 0 Å². The molecular weight excluding hydrogens is 172 g/mol. The third-order valence-electron chi connectivity index (χ3n) is 2.46. The lowest BCUT2D eigenvalue weighted by Crippen LogP contribution is -1.84. The number of rotatable bonds is 2. The van der Waals surface area contributed by atoms with Gasteiger partial charge >= 0.3 is 0 Å². The van der Waals surface area contributed by atoms with Gasteiger partial charge in [0.2, 0.25) is 0 Å². The predicted molar refractivity (Wildman–Crippen MR) is 59.6 cm³/mol. The highest BCUT2D eigenvalue weighted by atomic mass is 14.9. The number of hydrogen-bond acceptors (Lipinski definition) is 1. The highest BCUT2D eigenvalue weighted by molar-refractivity contribution is 5.79. The first-order chi connectivity index (χ1) is 6.70. The van der Waals surface area contributed by atoms with Crippen molar-refractivity contribution < 1.29 is 0 Å². The molecule has 2 nitrogen and oxygen atoms in total. The summed E-state index contributed by atoms with van der Waals surface area (Å²) in [6.45, 7) is 6.41. The standard InChI is InChI=1S/C12H16N2/c1-4-5-11-13-10-7-8(2)6-9(3)12(10)14-11/h6-7H,4-5H2,1-3H3,(H,13,14). The summed E-state index contributed by atoms with van der Waals surface area (Å²) in [5.41, 5.74) is 4.85. The van der Waals surface area contributed by atoms with Crippen LogP contribution in [0.2, 0.25) is 0 Å². The normalized spacial score (nSPS) is 11.1. The van der Waals surface area contributed by atoms with Gasteiger partial charge in [-0.3, -0.25) is 0 Å². The molecule has 1 heterocycles. The van der Waals surface area contributed by atoms with Crippen LogP contribution < -0.4 is 0 Å². The zero-order valence-electron chi connectivity index (χ0n) is 9.02. The van der Waals surface area contributed by atoms with Gasteiger partial charge < -0.3 is 4.98 Å². The van der Waals surface area contributed by atoms with Crippen molar-refractivity contribution in [1.29, 1.82) is 0 Å². The number of H-pyrrole nitrogens is 1. The summed E-state index contributed by atoms with van der Waals surface area (Å²) in [6, 6.07) is 4.34. The van der Waals surface area contributed by atoms with Crippen LogP contribution in [0, 0.1) is 13.8 Å². The molecule has 0 saturated carbocycles. The predicted octanol–water partition coefficient (Wildman–Crippen LogP) is 3.13. The Labute approximate surface area is 84.4 Å². The van der Waals surface area contributed by atoms with Crippen molar-refractivity contribution in [3.8, 4) is 0 Å². The van der Waals surface area contributed by atoms with E-state index in [4.69, 9.17) is 0 Å². The van der Waals surface area contributed by atoms with Gasteiger partial charge in [0.15, 0.2) is 0 Å². The van der Waals surface area contributed by atoms with Crippen LogP contribution >= 0.6 is 0 Å². The fourth-order valence-electron chi connectivity index (χ4n) is 1.88. The lowest BCUT2D eigenvalue weighted by atomic mass is 10.1. The van der Waals surface area contributed by atoms with E-state index in [0.29, 0.717) is 0 Å². The minimum absolute atomic E-state index is 1.03. The fourth-order valence-corrected chi connectivity index (χ4v) is 1.88. The van der Waals surface area contributed by atoms with Gasteiger partial charge in [0.1, 0.15) is 5.82 Å². The van der Waals surface area contributed by atoms with Crippen LogP contribution in [0.15, 0.2) is 12.1 Å². The number of benzene rings is 1. The molecule has 0 saturated heterocycles. The van der Waals surface area contributed by atoms with Gasteiger partial charge in [0, 0.05) is 6.42 Å². The molecule has 0 aliphatic rings. The first-order valence-electron chi connectivity index (χ1n) is 5.16. The number of imidazole rings is 1. The van der Waals surface area contributed by atoms with Gasteiger partial charge in [-0.05, 0) is 37.5 Å². The lowest BCUT2D eigenvalue weighted by molar-refractivity contribution is 0.861. The Kier molecular flexibility index (Phi) is 2.28. The van der Waals surface area contributed by atoms with Crippen LogP contribution in [0.25, 0.3) is 11.0 Å². The third kappa shape index (κ3) is 1.52. The number of aryl methyl sites for hydroxylation is 3. The Morgan fingerprint density at radius 3 is 2.79 bits per heavy atom. The summed E-state index contributed by atoms with van der Waals surface area (Å²) in [5.74, 6) is 1.11. The summed E-state index contributed by atoms with van der Waals surface area (Å²) in [7, 11) is 0. The van der Waals surface area contributed by atoms with E-state index in [9.17, 15) is 0 Å². The molecule has 14 heavy (non-hydrogen) atoms. The number of hydrogen-bond donors (Lipinski definition) is 1. The van der Waals surface area contributed by atoms with E-state index < -0.39 is 0 Å². The van der Waals surface area contributed by atoms with Gasteiger partial charge in [0.25, 0.3) is 0 Å². The zero-order valence-corrected chi connectivity index (χ0v) is 9.02. The van der Waals surface area contributed by atoms with Crippen LogP contribution in [0.4, 0.5) is 0 Å². The number of fused-ring (bicyclic) bond motifs is 1. The maximum absolute atomic E-state index is 4.59. The van der Waals surface area contributed by atoms with E-state index in [0.717, 1.165) is 24.2 Å². The molecule has 2 rings (SSSR count).